The largest absolute Gasteiger partial charge is 0.307 e. The molecule has 1 fully saturated rings. The lowest BCUT2D eigenvalue weighted by Gasteiger charge is -2.31. The summed E-state index contributed by atoms with van der Waals surface area (Å²) in [5.41, 5.74) is 2.44. The van der Waals surface area contributed by atoms with Crippen LogP contribution in [0.4, 0.5) is 11.6 Å². The van der Waals surface area contributed by atoms with Gasteiger partial charge in [0, 0.05) is 17.9 Å². The molecule has 1 N–H and O–H groups in total. The average Bonchev–Trinajstić information content (AvgIpc) is 2.96. The standard InChI is InChI=1S/C19H20N6/c20-11-14-7-9-17(10-8-14)25(16-5-3-1-2-4-6-16)19-21-12-15-13-22-24-18(15)23-19/h7-10,12-13,16H,1-6H2,(H,21,22,23,24). The van der Waals surface area contributed by atoms with Crippen molar-refractivity contribution in [2.45, 2.75) is 44.6 Å². The van der Waals surface area contributed by atoms with Crippen LogP contribution < -0.4 is 4.90 Å². The van der Waals surface area contributed by atoms with E-state index < -0.39 is 0 Å². The number of nitrogens with zero attached hydrogens (tertiary/aromatic N) is 5. The minimum Gasteiger partial charge on any atom is -0.307 e. The molecule has 1 aliphatic rings. The number of rotatable bonds is 3. The number of aromatic amines is 1. The summed E-state index contributed by atoms with van der Waals surface area (Å²) in [6, 6.07) is 10.2. The summed E-state index contributed by atoms with van der Waals surface area (Å²) in [6.45, 7) is 0. The van der Waals surface area contributed by atoms with Crippen molar-refractivity contribution in [3.05, 3.63) is 42.2 Å². The molecule has 0 atom stereocenters. The van der Waals surface area contributed by atoms with Gasteiger partial charge in [0.1, 0.15) is 0 Å². The molecule has 3 aromatic rings. The van der Waals surface area contributed by atoms with Crippen molar-refractivity contribution in [2.24, 2.45) is 0 Å². The van der Waals surface area contributed by atoms with Crippen molar-refractivity contribution >= 4 is 22.7 Å². The summed E-state index contributed by atoms with van der Waals surface area (Å²) in [6.07, 6.45) is 10.8. The van der Waals surface area contributed by atoms with Gasteiger partial charge in [0.15, 0.2) is 5.65 Å². The summed E-state index contributed by atoms with van der Waals surface area (Å²) in [4.78, 5) is 11.5. The van der Waals surface area contributed by atoms with Crippen LogP contribution in [-0.4, -0.2) is 26.2 Å². The maximum atomic E-state index is 9.07. The molecule has 0 aliphatic heterocycles. The topological polar surface area (TPSA) is 81.5 Å². The monoisotopic (exact) mass is 332 g/mol. The van der Waals surface area contributed by atoms with Gasteiger partial charge in [0.25, 0.3) is 0 Å². The third-order valence-electron chi connectivity index (χ3n) is 4.86. The zero-order valence-corrected chi connectivity index (χ0v) is 14.0. The van der Waals surface area contributed by atoms with E-state index in [0.717, 1.165) is 29.6 Å². The Labute approximate surface area is 146 Å². The van der Waals surface area contributed by atoms with E-state index in [1.165, 1.54) is 25.7 Å². The van der Waals surface area contributed by atoms with Crippen molar-refractivity contribution in [1.82, 2.24) is 20.2 Å². The average molecular weight is 332 g/mol. The summed E-state index contributed by atoms with van der Waals surface area (Å²) in [7, 11) is 0. The number of H-pyrrole nitrogens is 1. The fourth-order valence-corrected chi connectivity index (χ4v) is 3.55. The van der Waals surface area contributed by atoms with E-state index in [-0.39, 0.29) is 0 Å². The van der Waals surface area contributed by atoms with Crippen LogP contribution in [0.15, 0.2) is 36.7 Å². The highest BCUT2D eigenvalue weighted by atomic mass is 15.3. The first-order chi connectivity index (χ1) is 12.3. The SMILES string of the molecule is N#Cc1ccc(N(c2ncc3cn[nH]c3n2)C2CCCCCC2)cc1. The van der Waals surface area contributed by atoms with E-state index in [4.69, 9.17) is 10.2 Å². The molecule has 0 spiro atoms. The highest BCUT2D eigenvalue weighted by Crippen LogP contribution is 2.32. The molecule has 1 aliphatic carbocycles. The van der Waals surface area contributed by atoms with Gasteiger partial charge in [-0.1, -0.05) is 25.7 Å². The second-order valence-corrected chi connectivity index (χ2v) is 6.52. The predicted molar refractivity (Wildman–Crippen MR) is 96.5 cm³/mol. The molecule has 2 heterocycles. The first-order valence-corrected chi connectivity index (χ1v) is 8.81. The van der Waals surface area contributed by atoms with E-state index >= 15 is 0 Å². The smallest absolute Gasteiger partial charge is 0.232 e. The number of anilines is 2. The zero-order chi connectivity index (χ0) is 17.1. The summed E-state index contributed by atoms with van der Waals surface area (Å²) in [5, 5.41) is 16.9. The fourth-order valence-electron chi connectivity index (χ4n) is 3.55. The van der Waals surface area contributed by atoms with Gasteiger partial charge in [-0.25, -0.2) is 4.98 Å². The van der Waals surface area contributed by atoms with Crippen LogP contribution in [0.1, 0.15) is 44.1 Å². The van der Waals surface area contributed by atoms with Crippen molar-refractivity contribution in [3.63, 3.8) is 0 Å². The molecule has 1 saturated carbocycles. The maximum Gasteiger partial charge on any atom is 0.232 e. The number of aromatic nitrogens is 4. The highest BCUT2D eigenvalue weighted by Gasteiger charge is 2.24. The van der Waals surface area contributed by atoms with Crippen LogP contribution in [0, 0.1) is 11.3 Å². The minimum absolute atomic E-state index is 0.371. The molecular weight excluding hydrogens is 312 g/mol. The van der Waals surface area contributed by atoms with Gasteiger partial charge < -0.3 is 4.90 Å². The maximum absolute atomic E-state index is 9.07. The lowest BCUT2D eigenvalue weighted by molar-refractivity contribution is 0.562. The Hall–Kier alpha value is -2.94. The van der Waals surface area contributed by atoms with Gasteiger partial charge in [0.2, 0.25) is 5.95 Å². The molecule has 4 rings (SSSR count). The van der Waals surface area contributed by atoms with E-state index in [2.05, 4.69) is 26.2 Å². The zero-order valence-electron chi connectivity index (χ0n) is 14.0. The Morgan fingerprint density at radius 1 is 1.04 bits per heavy atom. The van der Waals surface area contributed by atoms with Gasteiger partial charge >= 0.3 is 0 Å². The highest BCUT2D eigenvalue weighted by molar-refractivity contribution is 5.74. The Kier molecular flexibility index (Phi) is 4.30. The first-order valence-electron chi connectivity index (χ1n) is 8.81. The summed E-state index contributed by atoms with van der Waals surface area (Å²) < 4.78 is 0. The minimum atomic E-state index is 0.371. The molecule has 0 saturated heterocycles. The lowest BCUT2D eigenvalue weighted by atomic mass is 10.1. The van der Waals surface area contributed by atoms with Crippen molar-refractivity contribution in [1.29, 1.82) is 5.26 Å². The number of nitriles is 1. The van der Waals surface area contributed by atoms with Crippen molar-refractivity contribution < 1.29 is 0 Å². The number of hydrogen-bond acceptors (Lipinski definition) is 5. The van der Waals surface area contributed by atoms with Crippen LogP contribution in [0.3, 0.4) is 0 Å². The molecule has 0 unspecified atom stereocenters. The van der Waals surface area contributed by atoms with Gasteiger partial charge in [0.05, 0.1) is 23.2 Å². The molecule has 6 nitrogen and oxygen atoms in total. The molecule has 2 aromatic heterocycles. The molecule has 0 radical (unpaired) electrons. The summed E-state index contributed by atoms with van der Waals surface area (Å²) in [5.74, 6) is 0.688. The van der Waals surface area contributed by atoms with Crippen LogP contribution in [0.25, 0.3) is 11.0 Å². The van der Waals surface area contributed by atoms with E-state index in [1.807, 2.05) is 30.5 Å². The molecular formula is C19H20N6. The van der Waals surface area contributed by atoms with Gasteiger partial charge in [-0.3, -0.25) is 5.10 Å². The molecule has 25 heavy (non-hydrogen) atoms. The molecule has 6 heteroatoms. The second-order valence-electron chi connectivity index (χ2n) is 6.52. The van der Waals surface area contributed by atoms with E-state index in [9.17, 15) is 0 Å². The number of fused-ring (bicyclic) bond motifs is 1. The summed E-state index contributed by atoms with van der Waals surface area (Å²) >= 11 is 0. The molecule has 126 valence electrons. The Bertz CT molecular complexity index is 884. The lowest BCUT2D eigenvalue weighted by Crippen LogP contribution is -2.32. The van der Waals surface area contributed by atoms with Crippen LogP contribution in [0.2, 0.25) is 0 Å². The second kappa shape index (κ2) is 6.89. The quantitative estimate of drug-likeness (QED) is 0.731. The van der Waals surface area contributed by atoms with Crippen LogP contribution in [-0.2, 0) is 0 Å². The Morgan fingerprint density at radius 3 is 2.52 bits per heavy atom. The molecule has 1 aromatic carbocycles. The van der Waals surface area contributed by atoms with Crippen LogP contribution in [0.5, 0.6) is 0 Å². The normalized spacial score (nSPS) is 15.6. The van der Waals surface area contributed by atoms with Gasteiger partial charge in [-0.15, -0.1) is 0 Å². The van der Waals surface area contributed by atoms with E-state index in [1.54, 1.807) is 6.20 Å². The van der Waals surface area contributed by atoms with Crippen molar-refractivity contribution in [2.75, 3.05) is 4.90 Å². The fraction of sp³-hybridized carbons (Fsp3) is 0.368. The number of hydrogen-bond donors (Lipinski definition) is 1. The van der Waals surface area contributed by atoms with Gasteiger partial charge in [-0.2, -0.15) is 15.3 Å². The third-order valence-corrected chi connectivity index (χ3v) is 4.86. The third kappa shape index (κ3) is 3.18. The van der Waals surface area contributed by atoms with Crippen molar-refractivity contribution in [3.8, 4) is 6.07 Å². The Balaban J connectivity index is 1.77. The number of benzene rings is 1. The Morgan fingerprint density at radius 2 is 1.80 bits per heavy atom. The van der Waals surface area contributed by atoms with Gasteiger partial charge in [-0.05, 0) is 37.1 Å². The number of nitrogens with one attached hydrogen (secondary N) is 1. The first kappa shape index (κ1) is 15.6. The molecule has 0 bridgehead atoms. The van der Waals surface area contributed by atoms with E-state index in [0.29, 0.717) is 17.6 Å². The van der Waals surface area contributed by atoms with Crippen LogP contribution >= 0.6 is 0 Å². The predicted octanol–water partition coefficient (Wildman–Crippen LogP) is 4.09. The molecule has 0 amide bonds.